The van der Waals surface area contributed by atoms with Gasteiger partial charge in [0, 0.05) is 6.26 Å². The van der Waals surface area contributed by atoms with Gasteiger partial charge in [-0.15, -0.1) is 0 Å². The number of hydrogen-bond acceptors (Lipinski definition) is 4. The van der Waals surface area contributed by atoms with Crippen LogP contribution >= 0.6 is 11.6 Å². The lowest BCUT2D eigenvalue weighted by molar-refractivity contribution is 0.0920. The molecule has 0 saturated carbocycles. The van der Waals surface area contributed by atoms with Crippen LogP contribution in [-0.2, 0) is 9.84 Å². The minimum atomic E-state index is -3.51. The van der Waals surface area contributed by atoms with Crippen LogP contribution in [0.15, 0.2) is 77.7 Å². The molecule has 0 aromatic heterocycles. The Hall–Kier alpha value is -2.90. The fourth-order valence-electron chi connectivity index (χ4n) is 2.79. The van der Waals surface area contributed by atoms with Gasteiger partial charge in [-0.1, -0.05) is 54.1 Å². The second-order valence-corrected chi connectivity index (χ2v) is 9.01. The first kappa shape index (κ1) is 21.8. The lowest BCUT2D eigenvalue weighted by Gasteiger charge is -2.20. The second kappa shape index (κ2) is 9.28. The molecule has 0 fully saturated rings. The van der Waals surface area contributed by atoms with E-state index >= 15 is 0 Å². The Morgan fingerprint density at radius 3 is 2.40 bits per heavy atom. The quantitative estimate of drug-likeness (QED) is 0.581. The summed E-state index contributed by atoms with van der Waals surface area (Å²) >= 11 is 6.13. The summed E-state index contributed by atoms with van der Waals surface area (Å²) in [5.41, 5.74) is 0.754. The van der Waals surface area contributed by atoms with E-state index < -0.39 is 27.6 Å². The van der Waals surface area contributed by atoms with Gasteiger partial charge in [0.2, 0.25) is 0 Å². The molecule has 0 spiro atoms. The van der Waals surface area contributed by atoms with Crippen molar-refractivity contribution in [2.24, 2.45) is 0 Å². The molecule has 0 radical (unpaired) electrons. The molecule has 0 saturated heterocycles. The maximum atomic E-state index is 13.9. The van der Waals surface area contributed by atoms with Crippen LogP contribution in [0, 0.1) is 5.82 Å². The highest BCUT2D eigenvalue weighted by Gasteiger charge is 2.21. The number of halogens is 2. The number of hydrogen-bond donors (Lipinski definition) is 1. The number of nitrogens with one attached hydrogen (secondary N) is 1. The fourth-order valence-corrected chi connectivity index (χ4v) is 3.64. The van der Waals surface area contributed by atoms with Crippen molar-refractivity contribution >= 4 is 27.3 Å². The minimum Gasteiger partial charge on any atom is -0.488 e. The number of rotatable bonds is 7. The van der Waals surface area contributed by atoms with Gasteiger partial charge in [-0.05, 0) is 35.9 Å². The Kier molecular flexibility index (Phi) is 6.74. The van der Waals surface area contributed by atoms with E-state index in [2.05, 4.69) is 5.32 Å². The molecule has 5 nitrogen and oxygen atoms in total. The number of benzene rings is 3. The summed E-state index contributed by atoms with van der Waals surface area (Å²) in [5.74, 6) is -1.03. The molecule has 30 heavy (non-hydrogen) atoms. The molecule has 8 heteroatoms. The summed E-state index contributed by atoms with van der Waals surface area (Å²) in [6.45, 7) is -0.0416. The van der Waals surface area contributed by atoms with Crippen molar-refractivity contribution in [1.82, 2.24) is 5.32 Å². The molecule has 1 atom stereocenters. The molecule has 3 aromatic rings. The highest BCUT2D eigenvalue weighted by atomic mass is 35.5. The normalized spacial score (nSPS) is 12.2. The zero-order valence-electron chi connectivity index (χ0n) is 16.0. The molecule has 3 aromatic carbocycles. The number of sulfone groups is 1. The Morgan fingerprint density at radius 2 is 1.73 bits per heavy atom. The summed E-state index contributed by atoms with van der Waals surface area (Å²) < 4.78 is 43.1. The number of carbonyl (C=O) groups excluding carboxylic acids is 1. The Balaban J connectivity index is 1.86. The molecule has 156 valence electrons. The van der Waals surface area contributed by atoms with E-state index in [-0.39, 0.29) is 27.8 Å². The van der Waals surface area contributed by atoms with E-state index in [0.717, 1.165) is 11.8 Å². The van der Waals surface area contributed by atoms with E-state index in [0.29, 0.717) is 0 Å². The van der Waals surface area contributed by atoms with Crippen LogP contribution in [0.5, 0.6) is 5.75 Å². The number of carbonyl (C=O) groups is 1. The van der Waals surface area contributed by atoms with Crippen molar-refractivity contribution in [1.29, 1.82) is 0 Å². The Bertz CT molecular complexity index is 1150. The van der Waals surface area contributed by atoms with Crippen LogP contribution in [0.4, 0.5) is 4.39 Å². The van der Waals surface area contributed by atoms with Gasteiger partial charge in [-0.25, -0.2) is 12.8 Å². The maximum absolute atomic E-state index is 13.9. The SMILES string of the molecule is CS(=O)(=O)c1ccc(Cl)c(C(=O)NC(COc2ccccc2F)c2ccccc2)c1. The van der Waals surface area contributed by atoms with Gasteiger partial charge in [0.1, 0.15) is 6.61 Å². The van der Waals surface area contributed by atoms with E-state index in [4.69, 9.17) is 16.3 Å². The van der Waals surface area contributed by atoms with Gasteiger partial charge in [-0.2, -0.15) is 0 Å². The van der Waals surface area contributed by atoms with Crippen LogP contribution in [0.25, 0.3) is 0 Å². The van der Waals surface area contributed by atoms with Crippen LogP contribution in [0.3, 0.4) is 0 Å². The Labute approximate surface area is 179 Å². The standard InChI is InChI=1S/C22H19ClFNO4S/c1-30(27,28)16-11-12-18(23)17(13-16)22(26)25-20(15-7-3-2-4-8-15)14-29-21-10-6-5-9-19(21)24/h2-13,20H,14H2,1H3,(H,25,26). The van der Waals surface area contributed by atoms with Crippen LogP contribution < -0.4 is 10.1 Å². The van der Waals surface area contributed by atoms with Crippen molar-refractivity contribution in [2.75, 3.05) is 12.9 Å². The van der Waals surface area contributed by atoms with Crippen molar-refractivity contribution < 1.29 is 22.3 Å². The van der Waals surface area contributed by atoms with Crippen LogP contribution in [0.1, 0.15) is 22.0 Å². The first-order valence-electron chi connectivity index (χ1n) is 8.98. The molecular weight excluding hydrogens is 429 g/mol. The average molecular weight is 448 g/mol. The topological polar surface area (TPSA) is 72.5 Å². The van der Waals surface area contributed by atoms with Gasteiger partial charge in [0.15, 0.2) is 21.4 Å². The predicted octanol–water partition coefficient (Wildman–Crippen LogP) is 4.43. The molecule has 3 rings (SSSR count). The van der Waals surface area contributed by atoms with Crippen molar-refractivity contribution in [3.8, 4) is 5.75 Å². The van der Waals surface area contributed by atoms with E-state index in [1.807, 2.05) is 6.07 Å². The smallest absolute Gasteiger partial charge is 0.253 e. The minimum absolute atomic E-state index is 0.0177. The number of ether oxygens (including phenoxy) is 1. The van der Waals surface area contributed by atoms with Crippen LogP contribution in [0.2, 0.25) is 5.02 Å². The van der Waals surface area contributed by atoms with E-state index in [1.165, 1.54) is 30.3 Å². The monoisotopic (exact) mass is 447 g/mol. The molecule has 0 bridgehead atoms. The van der Waals surface area contributed by atoms with Gasteiger partial charge in [-0.3, -0.25) is 4.79 Å². The van der Waals surface area contributed by atoms with E-state index in [9.17, 15) is 17.6 Å². The summed E-state index contributed by atoms with van der Waals surface area (Å²) in [7, 11) is -3.51. The third kappa shape index (κ3) is 5.37. The zero-order valence-corrected chi connectivity index (χ0v) is 17.6. The molecule has 1 N–H and O–H groups in total. The highest BCUT2D eigenvalue weighted by molar-refractivity contribution is 7.90. The molecule has 0 aliphatic heterocycles. The maximum Gasteiger partial charge on any atom is 0.253 e. The predicted molar refractivity (Wildman–Crippen MR) is 113 cm³/mol. The van der Waals surface area contributed by atoms with Gasteiger partial charge in [0.05, 0.1) is 21.5 Å². The van der Waals surface area contributed by atoms with Gasteiger partial charge in [0.25, 0.3) is 5.91 Å². The van der Waals surface area contributed by atoms with Crippen LogP contribution in [-0.4, -0.2) is 27.2 Å². The summed E-state index contributed by atoms with van der Waals surface area (Å²) in [6.07, 6.45) is 1.05. The van der Waals surface area contributed by atoms with Gasteiger partial charge < -0.3 is 10.1 Å². The molecule has 0 aliphatic carbocycles. The average Bonchev–Trinajstić information content (AvgIpc) is 2.72. The number of amides is 1. The highest BCUT2D eigenvalue weighted by Crippen LogP contribution is 2.23. The first-order valence-corrected chi connectivity index (χ1v) is 11.3. The third-order valence-corrected chi connectivity index (χ3v) is 5.80. The van der Waals surface area contributed by atoms with Crippen molar-refractivity contribution in [2.45, 2.75) is 10.9 Å². The second-order valence-electron chi connectivity index (χ2n) is 6.59. The molecule has 1 unspecified atom stereocenters. The Morgan fingerprint density at radius 1 is 1.07 bits per heavy atom. The number of para-hydroxylation sites is 1. The summed E-state index contributed by atoms with van der Waals surface area (Å²) in [6, 6.07) is 18.3. The lowest BCUT2D eigenvalue weighted by atomic mass is 10.1. The summed E-state index contributed by atoms with van der Waals surface area (Å²) in [4.78, 5) is 12.9. The van der Waals surface area contributed by atoms with Gasteiger partial charge >= 0.3 is 0 Å². The largest absolute Gasteiger partial charge is 0.488 e. The third-order valence-electron chi connectivity index (χ3n) is 4.36. The molecule has 1 amide bonds. The van der Waals surface area contributed by atoms with E-state index in [1.54, 1.807) is 36.4 Å². The lowest BCUT2D eigenvalue weighted by Crippen LogP contribution is -2.32. The van der Waals surface area contributed by atoms with Crippen molar-refractivity contribution in [3.05, 3.63) is 94.8 Å². The van der Waals surface area contributed by atoms with Crippen molar-refractivity contribution in [3.63, 3.8) is 0 Å². The first-order chi connectivity index (χ1) is 14.3. The zero-order chi connectivity index (χ0) is 21.7. The summed E-state index contributed by atoms with van der Waals surface area (Å²) in [5, 5.41) is 2.91. The molecular formula is C22H19ClFNO4S. The molecule has 0 heterocycles. The molecule has 0 aliphatic rings. The fraction of sp³-hybridized carbons (Fsp3) is 0.136.